The van der Waals surface area contributed by atoms with Crippen molar-refractivity contribution in [1.82, 2.24) is 15.5 Å². The highest BCUT2D eigenvalue weighted by Gasteiger charge is 2.19. The smallest absolute Gasteiger partial charge is 0.190 e. The van der Waals surface area contributed by atoms with Gasteiger partial charge in [0.1, 0.15) is 5.82 Å². The molecule has 32 heavy (non-hydrogen) atoms. The molecule has 1 aliphatic rings. The van der Waals surface area contributed by atoms with Crippen LogP contribution in [0.15, 0.2) is 59.6 Å². The molecule has 1 aliphatic heterocycles. The molecule has 3 rings (SSSR count). The molecule has 0 unspecified atom stereocenters. The van der Waals surface area contributed by atoms with Crippen LogP contribution in [0, 0.1) is 5.82 Å². The van der Waals surface area contributed by atoms with Gasteiger partial charge in [-0.25, -0.2) is 4.39 Å². The number of ether oxygens (including phenoxy) is 1. The summed E-state index contributed by atoms with van der Waals surface area (Å²) in [6, 6.07) is 17.4. The maximum Gasteiger partial charge on any atom is 0.190 e. The molecule has 1 saturated heterocycles. The van der Waals surface area contributed by atoms with Crippen molar-refractivity contribution in [2.75, 3.05) is 39.8 Å². The fourth-order valence-electron chi connectivity index (χ4n) is 3.84. The first-order chi connectivity index (χ1) is 15.2. The normalized spacial score (nSPS) is 15.2. The summed E-state index contributed by atoms with van der Waals surface area (Å²) in [7, 11) is 1.76. The van der Waals surface area contributed by atoms with Crippen LogP contribution in [0.5, 0.6) is 0 Å². The molecular formula is C25H36FIN4O. The third-order valence-corrected chi connectivity index (χ3v) is 5.57. The Hall–Kier alpha value is -1.71. The number of rotatable bonds is 10. The lowest BCUT2D eigenvalue weighted by Gasteiger charge is -2.32. The molecule has 0 aliphatic carbocycles. The van der Waals surface area contributed by atoms with Gasteiger partial charge in [-0.2, -0.15) is 0 Å². The lowest BCUT2D eigenvalue weighted by Crippen LogP contribution is -2.39. The Morgan fingerprint density at radius 3 is 2.47 bits per heavy atom. The third-order valence-electron chi connectivity index (χ3n) is 5.57. The van der Waals surface area contributed by atoms with E-state index in [2.05, 4.69) is 50.9 Å². The number of aliphatic imine (C=N–C) groups is 1. The predicted octanol–water partition coefficient (Wildman–Crippen LogP) is 4.22. The second-order valence-electron chi connectivity index (χ2n) is 7.99. The molecule has 0 saturated carbocycles. The molecule has 2 N–H and O–H groups in total. The Morgan fingerprint density at radius 1 is 1.03 bits per heavy atom. The lowest BCUT2D eigenvalue weighted by molar-refractivity contribution is 0.00534. The van der Waals surface area contributed by atoms with Gasteiger partial charge in [-0.15, -0.1) is 24.0 Å². The van der Waals surface area contributed by atoms with E-state index in [1.54, 1.807) is 19.2 Å². The predicted molar refractivity (Wildman–Crippen MR) is 140 cm³/mol. The highest BCUT2D eigenvalue weighted by atomic mass is 127. The minimum atomic E-state index is -0.193. The van der Waals surface area contributed by atoms with Crippen LogP contribution in [0.4, 0.5) is 4.39 Å². The largest absolute Gasteiger partial charge is 0.378 e. The van der Waals surface area contributed by atoms with Crippen molar-refractivity contribution in [3.05, 3.63) is 71.5 Å². The molecule has 1 fully saturated rings. The van der Waals surface area contributed by atoms with Crippen molar-refractivity contribution in [2.45, 2.75) is 38.3 Å². The van der Waals surface area contributed by atoms with Gasteiger partial charge in [0.05, 0.1) is 6.10 Å². The van der Waals surface area contributed by atoms with E-state index in [1.807, 2.05) is 6.07 Å². The van der Waals surface area contributed by atoms with E-state index >= 15 is 0 Å². The van der Waals surface area contributed by atoms with Gasteiger partial charge in [-0.1, -0.05) is 42.5 Å². The summed E-state index contributed by atoms with van der Waals surface area (Å²) in [5, 5.41) is 6.59. The van der Waals surface area contributed by atoms with Gasteiger partial charge >= 0.3 is 0 Å². The molecule has 1 heterocycles. The summed E-state index contributed by atoms with van der Waals surface area (Å²) in [4.78, 5) is 6.75. The average Bonchev–Trinajstić information content (AvgIpc) is 2.79. The number of hydrogen-bond acceptors (Lipinski definition) is 3. The molecule has 0 radical (unpaired) electrons. The number of likely N-dealkylation sites (tertiary alicyclic amines) is 1. The van der Waals surface area contributed by atoms with Crippen LogP contribution >= 0.6 is 24.0 Å². The van der Waals surface area contributed by atoms with Crippen LogP contribution < -0.4 is 10.6 Å². The first-order valence-corrected chi connectivity index (χ1v) is 11.3. The van der Waals surface area contributed by atoms with E-state index < -0.39 is 0 Å². The Balaban J connectivity index is 0.00000363. The molecule has 0 atom stereocenters. The second-order valence-corrected chi connectivity index (χ2v) is 7.99. The topological polar surface area (TPSA) is 48.9 Å². The van der Waals surface area contributed by atoms with Gasteiger partial charge in [0, 0.05) is 46.4 Å². The number of guanidine groups is 1. The van der Waals surface area contributed by atoms with E-state index in [9.17, 15) is 4.39 Å². The van der Waals surface area contributed by atoms with Crippen LogP contribution in [0.2, 0.25) is 0 Å². The Bertz CT molecular complexity index is 798. The van der Waals surface area contributed by atoms with Crippen molar-refractivity contribution in [3.8, 4) is 0 Å². The molecular weight excluding hydrogens is 518 g/mol. The molecule has 2 aromatic rings. The number of benzene rings is 2. The van der Waals surface area contributed by atoms with Gasteiger partial charge < -0.3 is 15.4 Å². The number of nitrogens with zero attached hydrogens (tertiary/aromatic N) is 2. The van der Waals surface area contributed by atoms with Gasteiger partial charge in [-0.3, -0.25) is 9.89 Å². The van der Waals surface area contributed by atoms with E-state index in [4.69, 9.17) is 4.74 Å². The molecule has 0 spiro atoms. The van der Waals surface area contributed by atoms with E-state index in [1.165, 1.54) is 11.6 Å². The van der Waals surface area contributed by atoms with Gasteiger partial charge in [0.15, 0.2) is 5.96 Å². The zero-order valence-electron chi connectivity index (χ0n) is 18.9. The highest BCUT2D eigenvalue weighted by Crippen LogP contribution is 2.16. The Labute approximate surface area is 208 Å². The first-order valence-electron chi connectivity index (χ1n) is 11.3. The first kappa shape index (κ1) is 26.5. The Morgan fingerprint density at radius 2 is 1.75 bits per heavy atom. The SMILES string of the molecule is CN=C(NCCCOC1CCN(Cc2ccccc2)CC1)NCCc1cccc(F)c1.I. The van der Waals surface area contributed by atoms with Crippen LogP contribution in [-0.4, -0.2) is 56.8 Å². The molecule has 5 nitrogen and oxygen atoms in total. The summed E-state index contributed by atoms with van der Waals surface area (Å²) in [5.41, 5.74) is 2.36. The van der Waals surface area contributed by atoms with Gasteiger partial charge in [-0.05, 0) is 48.9 Å². The summed E-state index contributed by atoms with van der Waals surface area (Å²) in [5.74, 6) is 0.576. The van der Waals surface area contributed by atoms with Crippen molar-refractivity contribution >= 4 is 29.9 Å². The number of piperidine rings is 1. The summed E-state index contributed by atoms with van der Waals surface area (Å²) in [6.07, 6.45) is 4.27. The fourth-order valence-corrected chi connectivity index (χ4v) is 3.84. The minimum absolute atomic E-state index is 0. The maximum absolute atomic E-state index is 13.2. The van der Waals surface area contributed by atoms with Crippen molar-refractivity contribution < 1.29 is 9.13 Å². The van der Waals surface area contributed by atoms with Gasteiger partial charge in [0.2, 0.25) is 0 Å². The van der Waals surface area contributed by atoms with Gasteiger partial charge in [0.25, 0.3) is 0 Å². The van der Waals surface area contributed by atoms with E-state index in [0.29, 0.717) is 12.6 Å². The third kappa shape index (κ3) is 9.83. The van der Waals surface area contributed by atoms with Crippen molar-refractivity contribution in [3.63, 3.8) is 0 Å². The Kier molecular flexibility index (Phi) is 12.6. The zero-order chi connectivity index (χ0) is 21.7. The standard InChI is InChI=1S/C25H35FN4O.HI/c1-27-25(29-15-11-21-9-5-10-23(26)19-21)28-14-6-18-31-24-12-16-30(17-13-24)20-22-7-3-2-4-8-22;/h2-5,7-10,19,24H,6,11-18,20H2,1H3,(H2,27,28,29);1H. The molecule has 176 valence electrons. The summed E-state index contributed by atoms with van der Waals surface area (Å²) in [6.45, 7) is 5.51. The molecule has 7 heteroatoms. The highest BCUT2D eigenvalue weighted by molar-refractivity contribution is 14.0. The number of hydrogen-bond donors (Lipinski definition) is 2. The molecule has 0 amide bonds. The molecule has 0 aromatic heterocycles. The van der Waals surface area contributed by atoms with Crippen molar-refractivity contribution in [2.24, 2.45) is 4.99 Å². The fraction of sp³-hybridized carbons (Fsp3) is 0.480. The molecule has 2 aromatic carbocycles. The summed E-state index contributed by atoms with van der Waals surface area (Å²) >= 11 is 0. The monoisotopic (exact) mass is 554 g/mol. The number of halogens is 2. The maximum atomic E-state index is 13.2. The quantitative estimate of drug-likeness (QED) is 0.200. The lowest BCUT2D eigenvalue weighted by atomic mass is 10.1. The summed E-state index contributed by atoms with van der Waals surface area (Å²) < 4.78 is 19.3. The zero-order valence-corrected chi connectivity index (χ0v) is 21.3. The number of nitrogens with one attached hydrogen (secondary N) is 2. The van der Waals surface area contributed by atoms with Crippen molar-refractivity contribution in [1.29, 1.82) is 0 Å². The van der Waals surface area contributed by atoms with Crippen LogP contribution in [-0.2, 0) is 17.7 Å². The minimum Gasteiger partial charge on any atom is -0.378 e. The van der Waals surface area contributed by atoms with E-state index in [-0.39, 0.29) is 29.8 Å². The average molecular weight is 554 g/mol. The second kappa shape index (κ2) is 15.2. The van der Waals surface area contributed by atoms with Crippen LogP contribution in [0.1, 0.15) is 30.4 Å². The molecule has 0 bridgehead atoms. The van der Waals surface area contributed by atoms with Crippen LogP contribution in [0.3, 0.4) is 0 Å². The van der Waals surface area contributed by atoms with Crippen LogP contribution in [0.25, 0.3) is 0 Å². The van der Waals surface area contributed by atoms with E-state index in [0.717, 1.165) is 70.0 Å².